The molecular formula is C10H13N2S. The molecule has 1 aromatic rings. The lowest BCUT2D eigenvalue weighted by Crippen LogP contribution is -2.23. The van der Waals surface area contributed by atoms with Crippen LogP contribution in [0.25, 0.3) is 0 Å². The first-order valence-corrected chi connectivity index (χ1v) is 5.53. The molecule has 0 saturated carbocycles. The molecule has 3 heteroatoms. The highest BCUT2D eigenvalue weighted by Gasteiger charge is 2.14. The van der Waals surface area contributed by atoms with Gasteiger partial charge in [0, 0.05) is 35.6 Å². The van der Waals surface area contributed by atoms with Gasteiger partial charge in [0.15, 0.2) is 0 Å². The number of thioether (sulfide) groups is 1. The summed E-state index contributed by atoms with van der Waals surface area (Å²) < 4.78 is 0. The van der Waals surface area contributed by atoms with Gasteiger partial charge in [0.2, 0.25) is 0 Å². The van der Waals surface area contributed by atoms with Gasteiger partial charge in [-0.2, -0.15) is 0 Å². The van der Waals surface area contributed by atoms with E-state index in [1.165, 1.54) is 17.7 Å². The molecule has 69 valence electrons. The smallest absolute Gasteiger partial charge is 0.0278 e. The largest absolute Gasteiger partial charge is 0.265 e. The van der Waals surface area contributed by atoms with E-state index in [0.29, 0.717) is 0 Å². The molecule has 0 spiro atoms. The van der Waals surface area contributed by atoms with Gasteiger partial charge in [-0.1, -0.05) is 0 Å². The maximum atomic E-state index is 4.34. The summed E-state index contributed by atoms with van der Waals surface area (Å²) in [5.41, 5.74) is 0. The van der Waals surface area contributed by atoms with Gasteiger partial charge in [-0.3, -0.25) is 4.98 Å². The maximum Gasteiger partial charge on any atom is 0.0278 e. The van der Waals surface area contributed by atoms with Gasteiger partial charge in [0.25, 0.3) is 0 Å². The third-order valence-electron chi connectivity index (χ3n) is 2.17. The fourth-order valence-corrected chi connectivity index (χ4v) is 2.56. The molecule has 0 unspecified atom stereocenters. The van der Waals surface area contributed by atoms with Crippen LogP contribution in [-0.4, -0.2) is 23.3 Å². The highest BCUT2D eigenvalue weighted by Crippen LogP contribution is 2.27. The van der Waals surface area contributed by atoms with E-state index in [9.17, 15) is 0 Å². The zero-order valence-electron chi connectivity index (χ0n) is 7.52. The summed E-state index contributed by atoms with van der Waals surface area (Å²) in [6, 6.07) is 4.16. The summed E-state index contributed by atoms with van der Waals surface area (Å²) >= 11 is 1.96. The number of nitrogens with zero attached hydrogens (tertiary/aromatic N) is 2. The minimum Gasteiger partial charge on any atom is -0.265 e. The van der Waals surface area contributed by atoms with Crippen LogP contribution in [0.5, 0.6) is 0 Å². The third-order valence-corrected chi connectivity index (χ3v) is 3.52. The predicted molar refractivity (Wildman–Crippen MR) is 55.0 cm³/mol. The van der Waals surface area contributed by atoms with Gasteiger partial charge in [-0.25, -0.2) is 5.32 Å². The highest BCUT2D eigenvalue weighted by atomic mass is 32.2. The van der Waals surface area contributed by atoms with Gasteiger partial charge in [0.05, 0.1) is 0 Å². The van der Waals surface area contributed by atoms with Crippen molar-refractivity contribution in [3.63, 3.8) is 0 Å². The second-order valence-corrected chi connectivity index (χ2v) is 4.54. The summed E-state index contributed by atoms with van der Waals surface area (Å²) in [5.74, 6) is 0. The lowest BCUT2D eigenvalue weighted by molar-refractivity contribution is 0.522. The van der Waals surface area contributed by atoms with E-state index < -0.39 is 0 Å². The fourth-order valence-electron chi connectivity index (χ4n) is 1.45. The molecule has 1 saturated heterocycles. The Morgan fingerprint density at radius 1 is 1.15 bits per heavy atom. The van der Waals surface area contributed by atoms with Gasteiger partial charge in [-0.05, 0) is 25.0 Å². The molecule has 1 radical (unpaired) electrons. The molecule has 1 aliphatic heterocycles. The molecule has 1 aromatic heterocycles. The van der Waals surface area contributed by atoms with Crippen molar-refractivity contribution in [3.8, 4) is 0 Å². The van der Waals surface area contributed by atoms with Crippen molar-refractivity contribution in [3.05, 3.63) is 24.5 Å². The normalized spacial score (nSPS) is 18.8. The molecule has 0 amide bonds. The molecule has 0 aromatic carbocycles. The maximum absolute atomic E-state index is 4.34. The van der Waals surface area contributed by atoms with Crippen LogP contribution in [0.3, 0.4) is 0 Å². The zero-order valence-corrected chi connectivity index (χ0v) is 8.33. The summed E-state index contributed by atoms with van der Waals surface area (Å²) in [7, 11) is 0. The van der Waals surface area contributed by atoms with Crippen molar-refractivity contribution >= 4 is 11.8 Å². The first-order valence-electron chi connectivity index (χ1n) is 4.65. The van der Waals surface area contributed by atoms with E-state index in [-0.39, 0.29) is 0 Å². The summed E-state index contributed by atoms with van der Waals surface area (Å²) in [5, 5.41) is 5.11. The molecule has 0 aliphatic carbocycles. The fraction of sp³-hybridized carbons (Fsp3) is 0.500. The van der Waals surface area contributed by atoms with Gasteiger partial charge in [-0.15, -0.1) is 11.8 Å². The molecule has 13 heavy (non-hydrogen) atoms. The van der Waals surface area contributed by atoms with Crippen molar-refractivity contribution in [1.82, 2.24) is 10.3 Å². The van der Waals surface area contributed by atoms with Crippen LogP contribution in [0.1, 0.15) is 12.8 Å². The predicted octanol–water partition coefficient (Wildman–Crippen LogP) is 1.94. The third kappa shape index (κ3) is 2.71. The summed E-state index contributed by atoms with van der Waals surface area (Å²) in [6.45, 7) is 2.09. The van der Waals surface area contributed by atoms with Gasteiger partial charge >= 0.3 is 0 Å². The minimum absolute atomic E-state index is 0.764. The van der Waals surface area contributed by atoms with Gasteiger partial charge < -0.3 is 0 Å². The quantitative estimate of drug-likeness (QED) is 0.717. The molecule has 0 atom stereocenters. The minimum atomic E-state index is 0.764. The van der Waals surface area contributed by atoms with Crippen LogP contribution >= 0.6 is 11.8 Å². The molecule has 0 N–H and O–H groups in total. The molecule has 1 fully saturated rings. The van der Waals surface area contributed by atoms with E-state index in [4.69, 9.17) is 0 Å². The number of hydrogen-bond acceptors (Lipinski definition) is 2. The molecule has 2 nitrogen and oxygen atoms in total. The van der Waals surface area contributed by atoms with Crippen molar-refractivity contribution in [1.29, 1.82) is 0 Å². The first kappa shape index (κ1) is 9.03. The van der Waals surface area contributed by atoms with E-state index in [1.807, 2.05) is 24.2 Å². The van der Waals surface area contributed by atoms with Crippen LogP contribution in [0, 0.1) is 0 Å². The SMILES string of the molecule is c1cc(SC2CC[N]CC2)ccn1. The Morgan fingerprint density at radius 2 is 1.85 bits per heavy atom. The van der Waals surface area contributed by atoms with E-state index in [1.54, 1.807) is 0 Å². The second kappa shape index (κ2) is 4.63. The molecule has 0 bridgehead atoms. The topological polar surface area (TPSA) is 27.0 Å². The monoisotopic (exact) mass is 193 g/mol. The zero-order chi connectivity index (χ0) is 8.93. The Balaban J connectivity index is 1.90. The number of aromatic nitrogens is 1. The van der Waals surface area contributed by atoms with Crippen molar-refractivity contribution in [2.45, 2.75) is 23.0 Å². The Morgan fingerprint density at radius 3 is 2.54 bits per heavy atom. The Kier molecular flexibility index (Phi) is 3.22. The van der Waals surface area contributed by atoms with Crippen LogP contribution in [-0.2, 0) is 0 Å². The lowest BCUT2D eigenvalue weighted by Gasteiger charge is -2.20. The second-order valence-electron chi connectivity index (χ2n) is 3.17. The van der Waals surface area contributed by atoms with Crippen LogP contribution in [0.2, 0.25) is 0 Å². The van der Waals surface area contributed by atoms with Crippen molar-refractivity contribution in [2.75, 3.05) is 13.1 Å². The van der Waals surface area contributed by atoms with Crippen LogP contribution < -0.4 is 5.32 Å². The number of hydrogen-bond donors (Lipinski definition) is 0. The Labute approximate surface area is 83.1 Å². The first-order chi connectivity index (χ1) is 6.45. The Hall–Kier alpha value is -0.540. The average Bonchev–Trinajstić information content (AvgIpc) is 2.21. The van der Waals surface area contributed by atoms with E-state index in [0.717, 1.165) is 18.3 Å². The number of rotatable bonds is 2. The van der Waals surface area contributed by atoms with Crippen molar-refractivity contribution < 1.29 is 0 Å². The van der Waals surface area contributed by atoms with Crippen molar-refractivity contribution in [2.24, 2.45) is 0 Å². The molecule has 2 rings (SSSR count). The van der Waals surface area contributed by atoms with E-state index in [2.05, 4.69) is 22.4 Å². The van der Waals surface area contributed by atoms with Gasteiger partial charge in [0.1, 0.15) is 0 Å². The number of pyridine rings is 1. The van der Waals surface area contributed by atoms with Crippen LogP contribution in [0.15, 0.2) is 29.4 Å². The van der Waals surface area contributed by atoms with E-state index >= 15 is 0 Å². The molecular weight excluding hydrogens is 180 g/mol. The number of piperidine rings is 1. The lowest BCUT2D eigenvalue weighted by atomic mass is 10.2. The standard InChI is InChI=1S/C10H13N2S/c1-5-11-6-2-9(1)13-10-3-7-12-8-4-10/h1-2,5-6,10H,3-4,7-8H2. The summed E-state index contributed by atoms with van der Waals surface area (Å²) in [4.78, 5) is 5.34. The molecule has 2 heterocycles. The van der Waals surface area contributed by atoms with Crippen LogP contribution in [0.4, 0.5) is 0 Å². The Bertz CT molecular complexity index is 244. The highest BCUT2D eigenvalue weighted by molar-refractivity contribution is 8.00. The molecule has 1 aliphatic rings. The average molecular weight is 193 g/mol. The summed E-state index contributed by atoms with van der Waals surface area (Å²) in [6.07, 6.45) is 6.17.